The summed E-state index contributed by atoms with van der Waals surface area (Å²) in [5.41, 5.74) is 2.85. The molecule has 0 saturated heterocycles. The number of hydrogen-bond donors (Lipinski definition) is 1. The number of hydrogen-bond acceptors (Lipinski definition) is 6. The molecule has 8 nitrogen and oxygen atoms in total. The summed E-state index contributed by atoms with van der Waals surface area (Å²) in [6.45, 7) is 1.46. The van der Waals surface area contributed by atoms with E-state index in [1.807, 2.05) is 30.3 Å². The van der Waals surface area contributed by atoms with Crippen molar-refractivity contribution in [2.45, 2.75) is 11.8 Å². The topological polar surface area (TPSA) is 101 Å². The van der Waals surface area contributed by atoms with Gasteiger partial charge in [0.1, 0.15) is 5.69 Å². The van der Waals surface area contributed by atoms with Crippen molar-refractivity contribution in [1.29, 1.82) is 0 Å². The van der Waals surface area contributed by atoms with Crippen LogP contribution in [0.15, 0.2) is 83.8 Å². The first-order chi connectivity index (χ1) is 15.8. The lowest BCUT2D eigenvalue weighted by Crippen LogP contribution is -2.26. The number of aryl methyl sites for hydroxylation is 1. The van der Waals surface area contributed by atoms with Crippen LogP contribution in [0.25, 0.3) is 11.0 Å². The van der Waals surface area contributed by atoms with E-state index in [0.717, 1.165) is 5.52 Å². The molecule has 1 aromatic heterocycles. The van der Waals surface area contributed by atoms with E-state index in [1.54, 1.807) is 43.3 Å². The summed E-state index contributed by atoms with van der Waals surface area (Å²) in [7, 11) is -2.32. The molecule has 0 aliphatic heterocycles. The molecule has 0 radical (unpaired) electrons. The normalized spacial score (nSPS) is 11.2. The zero-order valence-corrected chi connectivity index (χ0v) is 18.9. The number of sulfonamides is 1. The van der Waals surface area contributed by atoms with Crippen molar-refractivity contribution in [3.63, 3.8) is 0 Å². The minimum Gasteiger partial charge on any atom is -0.466 e. The van der Waals surface area contributed by atoms with Gasteiger partial charge in [-0.2, -0.15) is 0 Å². The second-order valence-corrected chi connectivity index (χ2v) is 9.24. The van der Waals surface area contributed by atoms with E-state index in [-0.39, 0.29) is 17.4 Å². The number of amides is 1. The molecule has 1 N–H and O–H groups in total. The van der Waals surface area contributed by atoms with Gasteiger partial charge < -0.3 is 10.1 Å². The van der Waals surface area contributed by atoms with Gasteiger partial charge in [0, 0.05) is 12.7 Å². The van der Waals surface area contributed by atoms with Gasteiger partial charge in [-0.3, -0.25) is 9.10 Å². The lowest BCUT2D eigenvalue weighted by molar-refractivity contribution is -0.118. The monoisotopic (exact) mass is 462 g/mol. The van der Waals surface area contributed by atoms with Crippen molar-refractivity contribution in [2.24, 2.45) is 0 Å². The molecule has 0 atom stereocenters. The zero-order valence-electron chi connectivity index (χ0n) is 18.1. The van der Waals surface area contributed by atoms with Crippen molar-refractivity contribution in [1.82, 2.24) is 9.97 Å². The van der Waals surface area contributed by atoms with Gasteiger partial charge in [-0.25, -0.2) is 18.4 Å². The van der Waals surface area contributed by atoms with Gasteiger partial charge in [0.2, 0.25) is 5.88 Å². The lowest BCUT2D eigenvalue weighted by Gasteiger charge is -2.20. The maximum Gasteiger partial charge on any atom is 0.264 e. The molecule has 1 amide bonds. The van der Waals surface area contributed by atoms with Crippen molar-refractivity contribution in [3.8, 4) is 5.88 Å². The number of carbonyl (C=O) groups is 1. The number of anilines is 2. The van der Waals surface area contributed by atoms with Crippen LogP contribution in [-0.4, -0.2) is 37.9 Å². The van der Waals surface area contributed by atoms with Crippen molar-refractivity contribution < 1.29 is 17.9 Å². The first-order valence-electron chi connectivity index (χ1n) is 10.1. The Hall–Kier alpha value is -3.98. The minimum absolute atomic E-state index is 0.0591. The highest BCUT2D eigenvalue weighted by Gasteiger charge is 2.21. The SMILES string of the molecule is Cc1nc2ccccc2nc1OCC(=O)Nc1cccc(S(=O)(=O)N(C)c2ccccc2)c1. The van der Waals surface area contributed by atoms with Crippen LogP contribution >= 0.6 is 0 Å². The number of benzene rings is 3. The van der Waals surface area contributed by atoms with Crippen molar-refractivity contribution >= 4 is 38.3 Å². The Morgan fingerprint density at radius 1 is 0.939 bits per heavy atom. The van der Waals surface area contributed by atoms with Crippen LogP contribution in [0.2, 0.25) is 0 Å². The van der Waals surface area contributed by atoms with Gasteiger partial charge in [0.15, 0.2) is 6.61 Å². The smallest absolute Gasteiger partial charge is 0.264 e. The summed E-state index contributed by atoms with van der Waals surface area (Å²) in [6.07, 6.45) is 0. The van der Waals surface area contributed by atoms with Crippen LogP contribution in [0, 0.1) is 6.92 Å². The molecule has 0 aliphatic rings. The number of nitrogens with one attached hydrogen (secondary N) is 1. The Kier molecular flexibility index (Phi) is 6.23. The van der Waals surface area contributed by atoms with Gasteiger partial charge in [-0.1, -0.05) is 36.4 Å². The average Bonchev–Trinajstić information content (AvgIpc) is 2.83. The fourth-order valence-electron chi connectivity index (χ4n) is 3.21. The summed E-state index contributed by atoms with van der Waals surface area (Å²) >= 11 is 0. The van der Waals surface area contributed by atoms with Gasteiger partial charge in [0.05, 0.1) is 21.6 Å². The molecule has 33 heavy (non-hydrogen) atoms. The Balaban J connectivity index is 1.45. The molecule has 0 spiro atoms. The molecule has 9 heteroatoms. The summed E-state index contributed by atoms with van der Waals surface area (Å²) in [6, 6.07) is 22.2. The highest BCUT2D eigenvalue weighted by atomic mass is 32.2. The van der Waals surface area contributed by atoms with E-state index in [9.17, 15) is 13.2 Å². The number of ether oxygens (including phenoxy) is 1. The first-order valence-corrected chi connectivity index (χ1v) is 11.6. The fourth-order valence-corrected chi connectivity index (χ4v) is 4.45. The molecule has 0 unspecified atom stereocenters. The van der Waals surface area contributed by atoms with Gasteiger partial charge in [-0.15, -0.1) is 0 Å². The zero-order chi connectivity index (χ0) is 23.4. The first kappa shape index (κ1) is 22.2. The molecular formula is C24H22N4O4S. The second-order valence-electron chi connectivity index (χ2n) is 7.28. The second kappa shape index (κ2) is 9.25. The standard InChI is InChI=1S/C24H22N4O4S/c1-17-24(27-22-14-7-6-13-21(22)25-17)32-16-23(29)26-18-9-8-12-20(15-18)33(30,31)28(2)19-10-4-3-5-11-19/h3-15H,16H2,1-2H3,(H,26,29). The summed E-state index contributed by atoms with van der Waals surface area (Å²) in [5, 5.41) is 2.66. The van der Waals surface area contributed by atoms with E-state index >= 15 is 0 Å². The predicted octanol–water partition coefficient (Wildman–Crippen LogP) is 3.78. The average molecular weight is 463 g/mol. The number of nitrogens with zero attached hydrogens (tertiary/aromatic N) is 3. The Morgan fingerprint density at radius 2 is 1.61 bits per heavy atom. The van der Waals surface area contributed by atoms with Gasteiger partial charge >= 0.3 is 0 Å². The van der Waals surface area contributed by atoms with E-state index in [1.165, 1.54) is 23.5 Å². The van der Waals surface area contributed by atoms with Crippen LogP contribution in [0.3, 0.4) is 0 Å². The molecule has 3 aromatic carbocycles. The largest absolute Gasteiger partial charge is 0.466 e. The minimum atomic E-state index is -3.80. The number of rotatable bonds is 7. The highest BCUT2D eigenvalue weighted by molar-refractivity contribution is 7.92. The third kappa shape index (κ3) is 4.93. The van der Waals surface area contributed by atoms with Gasteiger partial charge in [0.25, 0.3) is 15.9 Å². The number of fused-ring (bicyclic) bond motifs is 1. The highest BCUT2D eigenvalue weighted by Crippen LogP contribution is 2.24. The third-order valence-electron chi connectivity index (χ3n) is 4.94. The van der Waals surface area contributed by atoms with Crippen LogP contribution in [0.4, 0.5) is 11.4 Å². The van der Waals surface area contributed by atoms with E-state index in [4.69, 9.17) is 4.74 Å². The third-order valence-corrected chi connectivity index (χ3v) is 6.72. The van der Waals surface area contributed by atoms with Crippen LogP contribution in [0.1, 0.15) is 5.69 Å². The molecule has 0 aliphatic carbocycles. The van der Waals surface area contributed by atoms with E-state index in [2.05, 4.69) is 15.3 Å². The summed E-state index contributed by atoms with van der Waals surface area (Å²) < 4.78 is 32.8. The Bertz CT molecular complexity index is 1410. The Labute approximate surface area is 191 Å². The quantitative estimate of drug-likeness (QED) is 0.449. The molecule has 1 heterocycles. The Morgan fingerprint density at radius 3 is 2.33 bits per heavy atom. The molecule has 0 saturated carbocycles. The van der Waals surface area contributed by atoms with Gasteiger partial charge in [-0.05, 0) is 49.4 Å². The molecule has 4 rings (SSSR count). The molecular weight excluding hydrogens is 440 g/mol. The number of carbonyl (C=O) groups excluding carboxylic acids is 1. The molecule has 168 valence electrons. The molecule has 0 fully saturated rings. The number of aromatic nitrogens is 2. The molecule has 0 bridgehead atoms. The van der Waals surface area contributed by atoms with Crippen LogP contribution < -0.4 is 14.4 Å². The maximum atomic E-state index is 13.0. The van der Waals surface area contributed by atoms with Crippen molar-refractivity contribution in [3.05, 3.63) is 84.6 Å². The predicted molar refractivity (Wildman–Crippen MR) is 127 cm³/mol. The van der Waals surface area contributed by atoms with E-state index in [0.29, 0.717) is 22.6 Å². The van der Waals surface area contributed by atoms with Crippen molar-refractivity contribution in [2.75, 3.05) is 23.3 Å². The summed E-state index contributed by atoms with van der Waals surface area (Å²) in [4.78, 5) is 21.3. The lowest BCUT2D eigenvalue weighted by atomic mass is 10.3. The summed E-state index contributed by atoms with van der Waals surface area (Å²) in [5.74, 6) is -0.181. The van der Waals surface area contributed by atoms with E-state index < -0.39 is 15.9 Å². The fraction of sp³-hybridized carbons (Fsp3) is 0.125. The van der Waals surface area contributed by atoms with Crippen LogP contribution in [-0.2, 0) is 14.8 Å². The van der Waals surface area contributed by atoms with Crippen LogP contribution in [0.5, 0.6) is 5.88 Å². The number of para-hydroxylation sites is 3. The maximum absolute atomic E-state index is 13.0. The molecule has 4 aromatic rings.